The van der Waals surface area contributed by atoms with Crippen LogP contribution in [0.25, 0.3) is 0 Å². The normalized spacial score (nSPS) is 18.7. The number of urea groups is 1. The first-order valence-corrected chi connectivity index (χ1v) is 8.86. The summed E-state index contributed by atoms with van der Waals surface area (Å²) >= 11 is 0. The molecule has 2 rings (SSSR count). The van der Waals surface area contributed by atoms with E-state index in [0.717, 1.165) is 5.56 Å². The number of benzene rings is 1. The lowest BCUT2D eigenvalue weighted by molar-refractivity contribution is -0.149. The van der Waals surface area contributed by atoms with E-state index in [4.69, 9.17) is 9.47 Å². The largest absolute Gasteiger partial charge is 0.494 e. The molecule has 0 bridgehead atoms. The molecule has 2 N–H and O–H groups in total. The number of hydrogen-bond acceptors (Lipinski definition) is 4. The minimum absolute atomic E-state index is 0.186. The molecule has 1 aromatic carbocycles. The molecular formula is C20H28N2O4. The van der Waals surface area contributed by atoms with Gasteiger partial charge in [-0.2, -0.15) is 0 Å². The van der Waals surface area contributed by atoms with Crippen LogP contribution in [0, 0.1) is 5.41 Å². The van der Waals surface area contributed by atoms with Gasteiger partial charge in [-0.25, -0.2) is 9.59 Å². The van der Waals surface area contributed by atoms with Crippen LogP contribution in [0.2, 0.25) is 0 Å². The fourth-order valence-electron chi connectivity index (χ4n) is 2.60. The fraction of sp³-hybridized carbons (Fsp3) is 0.500. The van der Waals surface area contributed by atoms with Crippen molar-refractivity contribution in [2.24, 2.45) is 5.41 Å². The lowest BCUT2D eigenvalue weighted by Gasteiger charge is -2.32. The van der Waals surface area contributed by atoms with Gasteiger partial charge in [0.05, 0.1) is 18.2 Å². The Balaban J connectivity index is 2.42. The highest BCUT2D eigenvalue weighted by Gasteiger charge is 2.35. The van der Waals surface area contributed by atoms with E-state index in [-0.39, 0.29) is 17.6 Å². The van der Waals surface area contributed by atoms with Gasteiger partial charge in [-0.3, -0.25) is 0 Å². The van der Waals surface area contributed by atoms with Gasteiger partial charge in [-0.15, -0.1) is 0 Å². The molecule has 6 nitrogen and oxygen atoms in total. The Morgan fingerprint density at radius 1 is 1.27 bits per heavy atom. The van der Waals surface area contributed by atoms with Crippen molar-refractivity contribution in [3.63, 3.8) is 0 Å². The Labute approximate surface area is 154 Å². The number of carbonyl (C=O) groups is 2. The molecule has 1 aliphatic rings. The predicted octanol–water partition coefficient (Wildman–Crippen LogP) is 3.69. The minimum atomic E-state index is -0.633. The summed E-state index contributed by atoms with van der Waals surface area (Å²) < 4.78 is 11.4. The number of para-hydroxylation sites is 1. The van der Waals surface area contributed by atoms with E-state index < -0.39 is 12.0 Å². The lowest BCUT2D eigenvalue weighted by Crippen LogP contribution is -2.46. The maximum atomic E-state index is 12.9. The van der Waals surface area contributed by atoms with Crippen molar-refractivity contribution in [1.29, 1.82) is 0 Å². The van der Waals surface area contributed by atoms with Gasteiger partial charge >= 0.3 is 12.0 Å². The van der Waals surface area contributed by atoms with Crippen LogP contribution in [-0.2, 0) is 9.53 Å². The maximum absolute atomic E-state index is 12.9. The number of nitrogens with one attached hydrogen (secondary N) is 2. The van der Waals surface area contributed by atoms with Gasteiger partial charge in [0.25, 0.3) is 0 Å². The predicted molar refractivity (Wildman–Crippen MR) is 99.7 cm³/mol. The van der Waals surface area contributed by atoms with Crippen LogP contribution in [0.3, 0.4) is 0 Å². The molecule has 142 valence electrons. The summed E-state index contributed by atoms with van der Waals surface area (Å²) in [6.45, 7) is 12.0. The second-order valence-electron chi connectivity index (χ2n) is 7.45. The molecule has 0 aliphatic carbocycles. The monoisotopic (exact) mass is 360 g/mol. The summed E-state index contributed by atoms with van der Waals surface area (Å²) in [5.74, 6) is 0.179. The zero-order valence-corrected chi connectivity index (χ0v) is 16.3. The summed E-state index contributed by atoms with van der Waals surface area (Å²) in [4.78, 5) is 24.9. The average molecular weight is 360 g/mol. The van der Waals surface area contributed by atoms with Crippen molar-refractivity contribution in [2.45, 2.75) is 53.7 Å². The van der Waals surface area contributed by atoms with Gasteiger partial charge in [0.15, 0.2) is 0 Å². The quantitative estimate of drug-likeness (QED) is 0.785. The topological polar surface area (TPSA) is 76.7 Å². The zero-order chi connectivity index (χ0) is 19.5. The number of rotatable bonds is 5. The van der Waals surface area contributed by atoms with Crippen molar-refractivity contribution in [3.05, 3.63) is 41.1 Å². The number of esters is 1. The molecule has 0 unspecified atom stereocenters. The second kappa shape index (κ2) is 7.81. The van der Waals surface area contributed by atoms with Crippen LogP contribution in [0.5, 0.6) is 5.75 Å². The Hall–Kier alpha value is -2.50. The van der Waals surface area contributed by atoms with Crippen LogP contribution in [-0.4, -0.2) is 24.7 Å². The van der Waals surface area contributed by atoms with E-state index in [1.165, 1.54) is 0 Å². The fourth-order valence-corrected chi connectivity index (χ4v) is 2.60. The molecule has 0 fully saturated rings. The number of allylic oxidation sites excluding steroid dienone is 1. The molecule has 2 atom stereocenters. The smallest absolute Gasteiger partial charge is 0.338 e. The molecular weight excluding hydrogens is 332 g/mol. The van der Waals surface area contributed by atoms with Crippen molar-refractivity contribution >= 4 is 12.0 Å². The van der Waals surface area contributed by atoms with Gasteiger partial charge in [-0.05, 0) is 32.3 Å². The molecule has 0 radical (unpaired) electrons. The van der Waals surface area contributed by atoms with Gasteiger partial charge in [0, 0.05) is 11.3 Å². The molecule has 0 aromatic heterocycles. The average Bonchev–Trinajstić information content (AvgIpc) is 2.53. The van der Waals surface area contributed by atoms with Crippen LogP contribution in [0.15, 0.2) is 35.5 Å². The number of carbonyl (C=O) groups excluding carboxylic acids is 2. The molecule has 1 heterocycles. The molecule has 26 heavy (non-hydrogen) atoms. The molecule has 1 aromatic rings. The zero-order valence-electron chi connectivity index (χ0n) is 16.3. The Morgan fingerprint density at radius 2 is 1.92 bits per heavy atom. The number of hydrogen-bond donors (Lipinski definition) is 2. The van der Waals surface area contributed by atoms with Crippen molar-refractivity contribution in [1.82, 2.24) is 10.6 Å². The summed E-state index contributed by atoms with van der Waals surface area (Å²) in [6, 6.07) is 6.37. The molecule has 0 saturated heterocycles. The third kappa shape index (κ3) is 4.36. The minimum Gasteiger partial charge on any atom is -0.494 e. The van der Waals surface area contributed by atoms with Gasteiger partial charge in [0.2, 0.25) is 0 Å². The van der Waals surface area contributed by atoms with Crippen LogP contribution in [0.1, 0.15) is 53.1 Å². The van der Waals surface area contributed by atoms with Crippen molar-refractivity contribution in [3.8, 4) is 5.75 Å². The summed E-state index contributed by atoms with van der Waals surface area (Å²) in [7, 11) is 0. The third-order valence-electron chi connectivity index (χ3n) is 4.52. The molecule has 1 aliphatic heterocycles. The summed E-state index contributed by atoms with van der Waals surface area (Å²) in [6.07, 6.45) is -0.282. The number of ether oxygens (including phenoxy) is 2. The van der Waals surface area contributed by atoms with Gasteiger partial charge in [-0.1, -0.05) is 39.0 Å². The van der Waals surface area contributed by atoms with E-state index in [9.17, 15) is 9.59 Å². The van der Waals surface area contributed by atoms with Crippen LogP contribution in [0.4, 0.5) is 4.79 Å². The first-order valence-electron chi connectivity index (χ1n) is 8.86. The highest BCUT2D eigenvalue weighted by molar-refractivity contribution is 5.95. The highest BCUT2D eigenvalue weighted by atomic mass is 16.5. The first-order chi connectivity index (χ1) is 12.1. The van der Waals surface area contributed by atoms with Crippen LogP contribution < -0.4 is 15.4 Å². The second-order valence-corrected chi connectivity index (χ2v) is 7.45. The van der Waals surface area contributed by atoms with Gasteiger partial charge < -0.3 is 20.1 Å². The summed E-state index contributed by atoms with van der Waals surface area (Å²) in [5.41, 5.74) is 1.40. The Kier molecular flexibility index (Phi) is 5.95. The van der Waals surface area contributed by atoms with E-state index in [2.05, 4.69) is 10.6 Å². The van der Waals surface area contributed by atoms with Crippen molar-refractivity contribution in [2.75, 3.05) is 6.61 Å². The van der Waals surface area contributed by atoms with E-state index in [0.29, 0.717) is 23.6 Å². The third-order valence-corrected chi connectivity index (χ3v) is 4.52. The molecule has 0 spiro atoms. The summed E-state index contributed by atoms with van der Waals surface area (Å²) in [5, 5.41) is 5.48. The number of amides is 2. The molecule has 2 amide bonds. The maximum Gasteiger partial charge on any atom is 0.338 e. The Bertz CT molecular complexity index is 719. The van der Waals surface area contributed by atoms with Crippen LogP contribution >= 0.6 is 0 Å². The van der Waals surface area contributed by atoms with Gasteiger partial charge in [0.1, 0.15) is 11.9 Å². The highest BCUT2D eigenvalue weighted by Crippen LogP contribution is 2.34. The van der Waals surface area contributed by atoms with E-state index in [1.807, 2.05) is 58.9 Å². The molecule has 0 saturated carbocycles. The standard InChI is InChI=1S/C20H28N2O4/c1-7-25-15-11-9-8-10-14(15)17-16(12(2)21-19(24)22-17)18(23)26-13(3)20(4,5)6/h8-11,13,17H,7H2,1-6H3,(H2,21,22,24)/t13-,17+/m0/s1. The molecule has 6 heteroatoms. The Morgan fingerprint density at radius 3 is 2.54 bits per heavy atom. The van der Waals surface area contributed by atoms with E-state index in [1.54, 1.807) is 6.92 Å². The SMILES string of the molecule is CCOc1ccccc1[C@H]1NC(=O)NC(C)=C1C(=O)O[C@@H](C)C(C)(C)C. The van der Waals surface area contributed by atoms with Crippen molar-refractivity contribution < 1.29 is 19.1 Å². The van der Waals surface area contributed by atoms with E-state index >= 15 is 0 Å². The lowest BCUT2D eigenvalue weighted by atomic mass is 9.90. The first kappa shape index (κ1) is 19.8.